The Balaban J connectivity index is 0.000000298. The number of halogens is 1. The molecule has 10 nitrogen and oxygen atoms in total. The Labute approximate surface area is 286 Å². The normalized spacial score (nSPS) is 19.7. The third-order valence-corrected chi connectivity index (χ3v) is 10.1. The lowest BCUT2D eigenvalue weighted by Gasteiger charge is -2.36. The van der Waals surface area contributed by atoms with E-state index in [0.29, 0.717) is 37.6 Å². The lowest BCUT2D eigenvalue weighted by atomic mass is 9.92. The molecule has 2 fully saturated rings. The predicted molar refractivity (Wildman–Crippen MR) is 189 cm³/mol. The first kappa shape index (κ1) is 36.3. The van der Waals surface area contributed by atoms with Crippen molar-refractivity contribution in [3.8, 4) is 0 Å². The highest BCUT2D eigenvalue weighted by Crippen LogP contribution is 2.40. The maximum atomic E-state index is 12.9. The minimum atomic E-state index is -0.216. The SMILES string of the molecule is CCCCC(=O)N(c1ccc(C2c3[nH]c4ccccc4c3CCN2C(=O)CCl)cc1)C1CC1.CNC1CSCC1NC=O.COC=O. The van der Waals surface area contributed by atoms with Crippen LogP contribution in [0.2, 0.25) is 0 Å². The summed E-state index contributed by atoms with van der Waals surface area (Å²) in [6, 6.07) is 17.4. The van der Waals surface area contributed by atoms with Crippen LogP contribution >= 0.6 is 23.4 Å². The summed E-state index contributed by atoms with van der Waals surface area (Å²) < 4.78 is 3.86. The third-order valence-electron chi connectivity index (χ3n) is 8.71. The number of amides is 3. The first-order valence-electron chi connectivity index (χ1n) is 16.2. The van der Waals surface area contributed by atoms with E-state index in [1.54, 1.807) is 0 Å². The van der Waals surface area contributed by atoms with E-state index in [4.69, 9.17) is 16.4 Å². The summed E-state index contributed by atoms with van der Waals surface area (Å²) in [6.45, 7) is 3.12. The number of aromatic amines is 1. The Morgan fingerprint density at radius 3 is 2.43 bits per heavy atom. The number of methoxy groups -OCH3 is 1. The quantitative estimate of drug-likeness (QED) is 0.196. The Morgan fingerprint density at radius 1 is 1.11 bits per heavy atom. The number of nitrogens with zero attached hydrogens (tertiary/aromatic N) is 2. The summed E-state index contributed by atoms with van der Waals surface area (Å²) in [5, 5.41) is 7.15. The Kier molecular flexibility index (Phi) is 14.0. The number of ether oxygens (including phenoxy) is 1. The van der Waals surface area contributed by atoms with Gasteiger partial charge in [-0.05, 0) is 62.1 Å². The van der Waals surface area contributed by atoms with Crippen molar-refractivity contribution in [1.29, 1.82) is 0 Å². The molecular formula is C35H46ClN5O5S. The van der Waals surface area contributed by atoms with Crippen LogP contribution in [-0.4, -0.2) is 90.8 Å². The number of unbranched alkanes of at least 4 members (excludes halogenated alkanes) is 1. The number of H-pyrrole nitrogens is 1. The van der Waals surface area contributed by atoms with Crippen molar-refractivity contribution in [2.75, 3.05) is 43.0 Å². The van der Waals surface area contributed by atoms with Gasteiger partial charge in [-0.2, -0.15) is 11.8 Å². The molecule has 1 saturated heterocycles. The van der Waals surface area contributed by atoms with Gasteiger partial charge in [0.05, 0.1) is 19.2 Å². The van der Waals surface area contributed by atoms with E-state index >= 15 is 0 Å². The molecule has 6 rings (SSSR count). The van der Waals surface area contributed by atoms with Crippen LogP contribution in [0.3, 0.4) is 0 Å². The number of hydrogen-bond donors (Lipinski definition) is 3. The maximum absolute atomic E-state index is 12.9. The summed E-state index contributed by atoms with van der Waals surface area (Å²) in [4.78, 5) is 52.1. The number of thioether (sulfide) groups is 1. The Morgan fingerprint density at radius 2 is 1.81 bits per heavy atom. The third kappa shape index (κ3) is 9.09. The van der Waals surface area contributed by atoms with Crippen LogP contribution < -0.4 is 15.5 Å². The lowest BCUT2D eigenvalue weighted by molar-refractivity contribution is -0.130. The average Bonchev–Trinajstić information content (AvgIpc) is 3.71. The molecule has 3 heterocycles. The summed E-state index contributed by atoms with van der Waals surface area (Å²) in [5.74, 6) is 2.24. The number of para-hydroxylation sites is 1. The van der Waals surface area contributed by atoms with E-state index in [1.807, 2.05) is 46.8 Å². The average molecular weight is 684 g/mol. The molecule has 3 N–H and O–H groups in total. The van der Waals surface area contributed by atoms with Crippen LogP contribution in [0.15, 0.2) is 48.5 Å². The predicted octanol–water partition coefficient (Wildman–Crippen LogP) is 4.79. The van der Waals surface area contributed by atoms with Gasteiger partial charge in [0, 0.05) is 58.8 Å². The van der Waals surface area contributed by atoms with Crippen LogP contribution in [0.5, 0.6) is 0 Å². The largest absolute Gasteiger partial charge is 0.471 e. The molecule has 1 aromatic heterocycles. The molecule has 3 unspecified atom stereocenters. The first-order valence-corrected chi connectivity index (χ1v) is 17.9. The van der Waals surface area contributed by atoms with E-state index in [-0.39, 0.29) is 23.7 Å². The zero-order valence-electron chi connectivity index (χ0n) is 27.4. The molecule has 0 radical (unpaired) electrons. The topological polar surface area (TPSA) is 124 Å². The highest BCUT2D eigenvalue weighted by molar-refractivity contribution is 7.99. The fourth-order valence-electron chi connectivity index (χ4n) is 6.18. The number of hydrogen-bond acceptors (Lipinski definition) is 7. The highest BCUT2D eigenvalue weighted by atomic mass is 35.5. The zero-order chi connectivity index (χ0) is 33.8. The number of carbonyl (C=O) groups is 4. The van der Waals surface area contributed by atoms with Gasteiger partial charge < -0.3 is 30.2 Å². The summed E-state index contributed by atoms with van der Waals surface area (Å²) in [7, 11) is 3.24. The number of anilines is 1. The van der Waals surface area contributed by atoms with Crippen molar-refractivity contribution in [1.82, 2.24) is 20.5 Å². The van der Waals surface area contributed by atoms with Crippen LogP contribution in [0.1, 0.15) is 61.9 Å². The molecule has 0 bridgehead atoms. The minimum Gasteiger partial charge on any atom is -0.471 e. The summed E-state index contributed by atoms with van der Waals surface area (Å²) >= 11 is 7.85. The zero-order valence-corrected chi connectivity index (χ0v) is 28.9. The van der Waals surface area contributed by atoms with Crippen molar-refractivity contribution in [2.45, 2.75) is 69.6 Å². The van der Waals surface area contributed by atoms with Gasteiger partial charge in [0.1, 0.15) is 5.88 Å². The number of nitrogens with one attached hydrogen (secondary N) is 3. The van der Waals surface area contributed by atoms with Crippen LogP contribution in [0.4, 0.5) is 5.69 Å². The Bertz CT molecular complexity index is 1480. The second kappa shape index (κ2) is 18.1. The molecule has 3 amide bonds. The van der Waals surface area contributed by atoms with Gasteiger partial charge in [-0.15, -0.1) is 11.6 Å². The number of carbonyl (C=O) groups excluding carboxylic acids is 4. The second-order valence-corrected chi connectivity index (χ2v) is 13.1. The number of rotatable bonds is 11. The van der Waals surface area contributed by atoms with E-state index in [0.717, 1.165) is 72.5 Å². The minimum absolute atomic E-state index is 0.0362. The molecule has 12 heteroatoms. The lowest BCUT2D eigenvalue weighted by Crippen LogP contribution is -2.45. The molecule has 2 aromatic carbocycles. The second-order valence-electron chi connectivity index (χ2n) is 11.8. The molecule has 1 aliphatic carbocycles. The van der Waals surface area contributed by atoms with Crippen molar-refractivity contribution >= 4 is 64.6 Å². The molecule has 3 atom stereocenters. The van der Waals surface area contributed by atoms with Crippen molar-refractivity contribution in [3.63, 3.8) is 0 Å². The number of benzene rings is 2. The number of aromatic nitrogens is 1. The fourth-order valence-corrected chi connectivity index (χ4v) is 7.71. The van der Waals surface area contributed by atoms with E-state index in [2.05, 4.69) is 57.6 Å². The maximum Gasteiger partial charge on any atom is 0.292 e. The Hall–Kier alpha value is -3.54. The van der Waals surface area contributed by atoms with Gasteiger partial charge in [0.2, 0.25) is 18.2 Å². The van der Waals surface area contributed by atoms with Crippen molar-refractivity contribution < 1.29 is 23.9 Å². The van der Waals surface area contributed by atoms with Gasteiger partial charge in [-0.25, -0.2) is 0 Å². The van der Waals surface area contributed by atoms with E-state index in [9.17, 15) is 14.4 Å². The van der Waals surface area contributed by atoms with Crippen molar-refractivity contribution in [2.24, 2.45) is 0 Å². The smallest absolute Gasteiger partial charge is 0.292 e. The molecule has 254 valence electrons. The van der Waals surface area contributed by atoms with Gasteiger partial charge >= 0.3 is 0 Å². The molecule has 3 aliphatic rings. The molecule has 2 aliphatic heterocycles. The summed E-state index contributed by atoms with van der Waals surface area (Å²) in [5.41, 5.74) is 5.40. The van der Waals surface area contributed by atoms with Crippen LogP contribution in [0.25, 0.3) is 10.9 Å². The van der Waals surface area contributed by atoms with Gasteiger partial charge in [0.15, 0.2) is 0 Å². The van der Waals surface area contributed by atoms with Gasteiger partial charge in [-0.1, -0.05) is 43.7 Å². The monoisotopic (exact) mass is 683 g/mol. The van der Waals surface area contributed by atoms with Gasteiger partial charge in [0.25, 0.3) is 6.47 Å². The summed E-state index contributed by atoms with van der Waals surface area (Å²) in [6.07, 6.45) is 6.24. The highest BCUT2D eigenvalue weighted by Gasteiger charge is 2.36. The molecular weight excluding hydrogens is 638 g/mol. The number of likely N-dealkylation sites (N-methyl/N-ethyl adjacent to an activating group) is 1. The number of alkyl halides is 1. The first-order chi connectivity index (χ1) is 22.9. The molecule has 0 spiro atoms. The van der Waals surface area contributed by atoms with Crippen molar-refractivity contribution in [3.05, 3.63) is 65.4 Å². The molecule has 1 saturated carbocycles. The molecule has 3 aromatic rings. The van der Waals surface area contributed by atoms with Gasteiger partial charge in [-0.3, -0.25) is 19.2 Å². The van der Waals surface area contributed by atoms with E-state index < -0.39 is 0 Å². The van der Waals surface area contributed by atoms with E-state index in [1.165, 1.54) is 18.1 Å². The molecule has 47 heavy (non-hydrogen) atoms. The standard InChI is InChI=1S/C27H30ClN3O2.C6H12N2OS.C2H4O2/c1-2-3-8-24(32)31(20-13-14-20)19-11-9-18(10-12-19)27-26-22(15-16-30(27)25(33)17-28)21-6-4-5-7-23(21)29-26;1-7-5-2-10-3-6(5)8-4-9;1-4-2-3/h4-7,9-12,20,27,29H,2-3,8,13-17H2,1H3;4-7H,2-3H2,1H3,(H,8,9);2H,1H3. The van der Waals surface area contributed by atoms with Crippen LogP contribution in [-0.2, 0) is 30.3 Å². The van der Waals surface area contributed by atoms with Crippen LogP contribution in [0, 0.1) is 0 Å². The number of fused-ring (bicyclic) bond motifs is 3. The fraction of sp³-hybridized carbons (Fsp3) is 0.486.